The van der Waals surface area contributed by atoms with Crippen molar-refractivity contribution in [1.29, 1.82) is 0 Å². The quantitative estimate of drug-likeness (QED) is 0.575. The summed E-state index contributed by atoms with van der Waals surface area (Å²) in [6.45, 7) is 2.19. The second kappa shape index (κ2) is 7.07. The van der Waals surface area contributed by atoms with Gasteiger partial charge in [0.25, 0.3) is 0 Å². The molecule has 0 aliphatic heterocycles. The average molecular weight is 305 g/mol. The van der Waals surface area contributed by atoms with Crippen LogP contribution in [0.4, 0.5) is 0 Å². The van der Waals surface area contributed by atoms with Gasteiger partial charge in [0.05, 0.1) is 23.6 Å². The zero-order valence-electron chi connectivity index (χ0n) is 9.88. The average Bonchev–Trinajstić information content (AvgIpc) is 2.30. The van der Waals surface area contributed by atoms with E-state index in [9.17, 15) is 0 Å². The largest absolute Gasteiger partial charge is 0.495 e. The Morgan fingerprint density at radius 2 is 2.00 bits per heavy atom. The van der Waals surface area contributed by atoms with E-state index in [1.807, 2.05) is 12.1 Å². The predicted molar refractivity (Wildman–Crippen MR) is 72.9 cm³/mol. The lowest BCUT2D eigenvalue weighted by Crippen LogP contribution is -1.93. The predicted octanol–water partition coefficient (Wildman–Crippen LogP) is 4.36. The molecule has 0 radical (unpaired) electrons. The first kappa shape index (κ1) is 13.7. The summed E-state index contributed by atoms with van der Waals surface area (Å²) in [6.07, 6.45) is 2.40. The van der Waals surface area contributed by atoms with Crippen LogP contribution in [0.5, 0.6) is 11.5 Å². The maximum absolute atomic E-state index is 5.40. The Morgan fingerprint density at radius 3 is 2.56 bits per heavy atom. The zero-order chi connectivity index (χ0) is 12.0. The summed E-state index contributed by atoms with van der Waals surface area (Å²) >= 11 is 5.27. The molecular formula is C12H17BrO2S. The summed E-state index contributed by atoms with van der Waals surface area (Å²) in [4.78, 5) is 1.08. The topological polar surface area (TPSA) is 18.5 Å². The normalized spacial score (nSPS) is 10.2. The van der Waals surface area contributed by atoms with Gasteiger partial charge in [-0.05, 0) is 40.2 Å². The van der Waals surface area contributed by atoms with Crippen LogP contribution in [-0.2, 0) is 0 Å². The monoisotopic (exact) mass is 304 g/mol. The molecule has 0 aromatic heterocycles. The van der Waals surface area contributed by atoms with Gasteiger partial charge in [-0.3, -0.25) is 0 Å². The highest BCUT2D eigenvalue weighted by Crippen LogP contribution is 2.42. The zero-order valence-corrected chi connectivity index (χ0v) is 12.3. The summed E-state index contributed by atoms with van der Waals surface area (Å²) in [5.74, 6) is 2.82. The Kier molecular flexibility index (Phi) is 6.06. The van der Waals surface area contributed by atoms with Crippen LogP contribution in [0.2, 0.25) is 0 Å². The van der Waals surface area contributed by atoms with Crippen molar-refractivity contribution >= 4 is 27.7 Å². The molecule has 1 aromatic carbocycles. The van der Waals surface area contributed by atoms with E-state index >= 15 is 0 Å². The number of hydrogen-bond donors (Lipinski definition) is 0. The molecule has 0 atom stereocenters. The number of rotatable bonds is 6. The van der Waals surface area contributed by atoms with Crippen LogP contribution in [0, 0.1) is 0 Å². The van der Waals surface area contributed by atoms with Gasteiger partial charge in [-0.2, -0.15) is 0 Å². The minimum atomic E-state index is 0.862. The third kappa shape index (κ3) is 3.32. The number of unbranched alkanes of at least 4 members (excludes halogenated alkanes) is 1. The molecule has 0 N–H and O–H groups in total. The first-order valence-electron chi connectivity index (χ1n) is 5.27. The van der Waals surface area contributed by atoms with Gasteiger partial charge < -0.3 is 9.47 Å². The van der Waals surface area contributed by atoms with Gasteiger partial charge in [-0.25, -0.2) is 0 Å². The number of benzene rings is 1. The Hall–Kier alpha value is -0.350. The lowest BCUT2D eigenvalue weighted by Gasteiger charge is -2.13. The van der Waals surface area contributed by atoms with Crippen LogP contribution in [0.15, 0.2) is 21.5 Å². The standard InChI is InChI=1S/C12H17BrO2S/c1-4-5-8-16-12-10(14-2)7-6-9(13)11(12)15-3/h6-7H,4-5,8H2,1-3H3. The lowest BCUT2D eigenvalue weighted by molar-refractivity contribution is 0.374. The fraction of sp³-hybridized carbons (Fsp3) is 0.500. The van der Waals surface area contributed by atoms with Gasteiger partial charge in [0.1, 0.15) is 11.5 Å². The molecule has 0 unspecified atom stereocenters. The van der Waals surface area contributed by atoms with E-state index in [1.54, 1.807) is 26.0 Å². The Balaban J connectivity index is 2.95. The van der Waals surface area contributed by atoms with Crippen molar-refractivity contribution in [3.63, 3.8) is 0 Å². The third-order valence-corrected chi connectivity index (χ3v) is 3.99. The first-order valence-corrected chi connectivity index (χ1v) is 7.05. The number of ether oxygens (including phenoxy) is 2. The van der Waals surface area contributed by atoms with Crippen LogP contribution in [-0.4, -0.2) is 20.0 Å². The van der Waals surface area contributed by atoms with Gasteiger partial charge in [0.2, 0.25) is 0 Å². The number of thioether (sulfide) groups is 1. The Morgan fingerprint density at radius 1 is 1.25 bits per heavy atom. The van der Waals surface area contributed by atoms with Gasteiger partial charge in [0, 0.05) is 0 Å². The van der Waals surface area contributed by atoms with Crippen LogP contribution in [0.3, 0.4) is 0 Å². The molecule has 1 aromatic rings. The second-order valence-corrected chi connectivity index (χ2v) is 5.27. The molecule has 0 aliphatic carbocycles. The van der Waals surface area contributed by atoms with Crippen LogP contribution in [0.25, 0.3) is 0 Å². The SMILES string of the molecule is CCCCSc1c(OC)ccc(Br)c1OC. The minimum Gasteiger partial charge on any atom is -0.495 e. The smallest absolute Gasteiger partial charge is 0.150 e. The summed E-state index contributed by atoms with van der Waals surface area (Å²) < 4.78 is 11.7. The second-order valence-electron chi connectivity index (χ2n) is 3.31. The summed E-state index contributed by atoms with van der Waals surface area (Å²) in [5, 5.41) is 0. The fourth-order valence-electron chi connectivity index (χ4n) is 1.33. The van der Waals surface area contributed by atoms with Crippen LogP contribution < -0.4 is 9.47 Å². The van der Waals surface area contributed by atoms with E-state index in [-0.39, 0.29) is 0 Å². The maximum atomic E-state index is 5.40. The van der Waals surface area contributed by atoms with Crippen molar-refractivity contribution in [2.75, 3.05) is 20.0 Å². The summed E-state index contributed by atoms with van der Waals surface area (Å²) in [7, 11) is 3.37. The van der Waals surface area contributed by atoms with Gasteiger partial charge in [-0.15, -0.1) is 11.8 Å². The molecule has 2 nitrogen and oxygen atoms in total. The van der Waals surface area contributed by atoms with Crippen molar-refractivity contribution in [2.24, 2.45) is 0 Å². The summed E-state index contributed by atoms with van der Waals surface area (Å²) in [6, 6.07) is 3.91. The molecule has 0 heterocycles. The van der Waals surface area contributed by atoms with Crippen molar-refractivity contribution in [1.82, 2.24) is 0 Å². The number of halogens is 1. The van der Waals surface area contributed by atoms with Gasteiger partial charge in [0.15, 0.2) is 0 Å². The van der Waals surface area contributed by atoms with Gasteiger partial charge >= 0.3 is 0 Å². The highest BCUT2D eigenvalue weighted by Gasteiger charge is 2.13. The Bertz CT molecular complexity index is 342. The molecule has 0 spiro atoms. The molecule has 0 fully saturated rings. The van der Waals surface area contributed by atoms with Crippen LogP contribution in [0.1, 0.15) is 19.8 Å². The molecule has 0 bridgehead atoms. The highest BCUT2D eigenvalue weighted by atomic mass is 79.9. The van der Waals surface area contributed by atoms with Crippen molar-refractivity contribution in [3.05, 3.63) is 16.6 Å². The van der Waals surface area contributed by atoms with E-state index in [0.29, 0.717) is 0 Å². The van der Waals surface area contributed by atoms with E-state index < -0.39 is 0 Å². The number of methoxy groups -OCH3 is 2. The summed E-state index contributed by atoms with van der Waals surface area (Å²) in [5.41, 5.74) is 0. The molecule has 90 valence electrons. The van der Waals surface area contributed by atoms with E-state index in [1.165, 1.54) is 12.8 Å². The molecular weight excluding hydrogens is 288 g/mol. The molecule has 0 amide bonds. The third-order valence-electron chi connectivity index (χ3n) is 2.20. The van der Waals surface area contributed by atoms with Crippen LogP contribution >= 0.6 is 27.7 Å². The van der Waals surface area contributed by atoms with Gasteiger partial charge in [-0.1, -0.05) is 13.3 Å². The van der Waals surface area contributed by atoms with E-state index in [2.05, 4.69) is 22.9 Å². The van der Waals surface area contributed by atoms with E-state index in [4.69, 9.17) is 9.47 Å². The molecule has 16 heavy (non-hydrogen) atoms. The molecule has 4 heteroatoms. The highest BCUT2D eigenvalue weighted by molar-refractivity contribution is 9.10. The Labute approximate surface area is 110 Å². The lowest BCUT2D eigenvalue weighted by atomic mass is 10.3. The van der Waals surface area contributed by atoms with Crippen molar-refractivity contribution in [3.8, 4) is 11.5 Å². The fourth-order valence-corrected chi connectivity index (χ4v) is 3.21. The van der Waals surface area contributed by atoms with Crippen molar-refractivity contribution < 1.29 is 9.47 Å². The number of hydrogen-bond acceptors (Lipinski definition) is 3. The van der Waals surface area contributed by atoms with Crippen molar-refractivity contribution in [2.45, 2.75) is 24.7 Å². The molecule has 0 saturated carbocycles. The minimum absolute atomic E-state index is 0.862. The molecule has 0 aliphatic rings. The molecule has 1 rings (SSSR count). The molecule has 0 saturated heterocycles. The van der Waals surface area contributed by atoms with E-state index in [0.717, 1.165) is 26.6 Å². The first-order chi connectivity index (χ1) is 7.74. The maximum Gasteiger partial charge on any atom is 0.150 e.